The Morgan fingerprint density at radius 2 is 2.05 bits per heavy atom. The summed E-state index contributed by atoms with van der Waals surface area (Å²) in [7, 11) is 0. The van der Waals surface area contributed by atoms with Crippen LogP contribution in [0.4, 0.5) is 0 Å². The van der Waals surface area contributed by atoms with Gasteiger partial charge in [-0.15, -0.1) is 0 Å². The molecule has 3 aliphatic heterocycles. The van der Waals surface area contributed by atoms with Crippen molar-refractivity contribution in [1.29, 1.82) is 0 Å². The second-order valence-electron chi connectivity index (χ2n) is 6.42. The van der Waals surface area contributed by atoms with Gasteiger partial charge in [-0.05, 0) is 38.0 Å². The fraction of sp³-hybridized carbons (Fsp3) is 0.933. The van der Waals surface area contributed by atoms with Crippen LogP contribution in [0.3, 0.4) is 0 Å². The summed E-state index contributed by atoms with van der Waals surface area (Å²) in [5, 5.41) is 4.33. The molecular weight excluding hydrogens is 256 g/mol. The molecule has 1 amide bonds. The van der Waals surface area contributed by atoms with Crippen LogP contribution in [0.1, 0.15) is 45.4 Å². The maximum Gasteiger partial charge on any atom is 0.222 e. The van der Waals surface area contributed by atoms with Crippen LogP contribution < -0.4 is 5.32 Å². The minimum absolute atomic E-state index is 0.421. The van der Waals surface area contributed by atoms with E-state index in [0.29, 0.717) is 29.2 Å². The van der Waals surface area contributed by atoms with Crippen molar-refractivity contribution in [2.45, 2.75) is 62.8 Å². The van der Waals surface area contributed by atoms with E-state index < -0.39 is 0 Å². The molecular formula is C15H26N2OS. The van der Waals surface area contributed by atoms with Crippen LogP contribution in [0.5, 0.6) is 0 Å². The van der Waals surface area contributed by atoms with Crippen LogP contribution in [-0.2, 0) is 4.79 Å². The van der Waals surface area contributed by atoms with Crippen LogP contribution in [-0.4, -0.2) is 47.0 Å². The maximum atomic E-state index is 12.5. The Bertz CT molecular complexity index is 324. The van der Waals surface area contributed by atoms with Gasteiger partial charge in [-0.1, -0.05) is 6.92 Å². The van der Waals surface area contributed by atoms with Crippen molar-refractivity contribution in [2.75, 3.05) is 18.8 Å². The fourth-order valence-electron chi connectivity index (χ4n) is 3.91. The van der Waals surface area contributed by atoms with Gasteiger partial charge < -0.3 is 10.2 Å². The number of amides is 1. The highest BCUT2D eigenvalue weighted by Gasteiger charge is 2.35. The van der Waals surface area contributed by atoms with Crippen molar-refractivity contribution in [1.82, 2.24) is 10.2 Å². The van der Waals surface area contributed by atoms with Crippen molar-refractivity contribution < 1.29 is 4.79 Å². The Morgan fingerprint density at radius 3 is 2.74 bits per heavy atom. The number of rotatable bonds is 3. The number of carbonyl (C=O) groups is 1. The molecule has 3 heterocycles. The number of nitrogens with one attached hydrogen (secondary N) is 1. The van der Waals surface area contributed by atoms with Crippen molar-refractivity contribution >= 4 is 17.7 Å². The number of nitrogens with zero attached hydrogens (tertiary/aromatic N) is 1. The number of piperidine rings is 1. The van der Waals surface area contributed by atoms with Gasteiger partial charge in [0.25, 0.3) is 0 Å². The SMILES string of the molecule is CCC1CN(C(=O)CC2CC3CCC(C2)N3)CCS1. The lowest BCUT2D eigenvalue weighted by Crippen LogP contribution is -2.44. The summed E-state index contributed by atoms with van der Waals surface area (Å²) in [6, 6.07) is 1.41. The molecule has 0 aromatic rings. The first-order valence-electron chi connectivity index (χ1n) is 7.90. The van der Waals surface area contributed by atoms with E-state index >= 15 is 0 Å². The molecule has 3 nitrogen and oxygen atoms in total. The molecule has 2 bridgehead atoms. The Hall–Kier alpha value is -0.220. The van der Waals surface area contributed by atoms with Crippen LogP contribution in [0.2, 0.25) is 0 Å². The summed E-state index contributed by atoms with van der Waals surface area (Å²) in [6.07, 6.45) is 7.09. The molecule has 3 fully saturated rings. The molecule has 4 heteroatoms. The predicted octanol–water partition coefficient (Wildman–Crippen LogP) is 2.26. The molecule has 0 aromatic carbocycles. The Balaban J connectivity index is 1.50. The molecule has 3 unspecified atom stereocenters. The standard InChI is InChI=1S/C15H26N2OS/c1-2-14-10-17(5-6-19-14)15(18)9-11-7-12-3-4-13(8-11)16-12/h11-14,16H,2-10H2,1H3. The molecule has 108 valence electrons. The first-order chi connectivity index (χ1) is 9.24. The third-order valence-electron chi connectivity index (χ3n) is 4.98. The maximum absolute atomic E-state index is 12.5. The molecule has 0 spiro atoms. The molecule has 3 rings (SSSR count). The average Bonchev–Trinajstić information content (AvgIpc) is 2.78. The predicted molar refractivity (Wildman–Crippen MR) is 80.4 cm³/mol. The van der Waals surface area contributed by atoms with Crippen LogP contribution in [0.25, 0.3) is 0 Å². The Kier molecular flexibility index (Phi) is 4.37. The van der Waals surface area contributed by atoms with E-state index in [2.05, 4.69) is 17.1 Å². The topological polar surface area (TPSA) is 32.3 Å². The number of fused-ring (bicyclic) bond motifs is 2. The smallest absolute Gasteiger partial charge is 0.222 e. The normalized spacial score (nSPS) is 38.5. The Morgan fingerprint density at radius 1 is 1.32 bits per heavy atom. The highest BCUT2D eigenvalue weighted by Crippen LogP contribution is 2.33. The molecule has 19 heavy (non-hydrogen) atoms. The lowest BCUT2D eigenvalue weighted by molar-refractivity contribution is -0.132. The zero-order valence-corrected chi connectivity index (χ0v) is 12.8. The highest BCUT2D eigenvalue weighted by atomic mass is 32.2. The van der Waals surface area contributed by atoms with Crippen molar-refractivity contribution in [3.63, 3.8) is 0 Å². The third-order valence-corrected chi connectivity index (χ3v) is 6.35. The lowest BCUT2D eigenvalue weighted by atomic mass is 9.89. The van der Waals surface area contributed by atoms with Gasteiger partial charge in [0.1, 0.15) is 0 Å². The monoisotopic (exact) mass is 282 g/mol. The van der Waals surface area contributed by atoms with E-state index in [1.54, 1.807) is 0 Å². The van der Waals surface area contributed by atoms with Gasteiger partial charge in [0, 0.05) is 42.6 Å². The summed E-state index contributed by atoms with van der Waals surface area (Å²) < 4.78 is 0. The molecule has 0 aliphatic carbocycles. The summed E-state index contributed by atoms with van der Waals surface area (Å²) in [5.41, 5.74) is 0. The van der Waals surface area contributed by atoms with E-state index in [0.717, 1.165) is 25.3 Å². The van der Waals surface area contributed by atoms with E-state index in [1.165, 1.54) is 32.1 Å². The van der Waals surface area contributed by atoms with E-state index in [9.17, 15) is 4.79 Å². The molecule has 0 aromatic heterocycles. The van der Waals surface area contributed by atoms with Gasteiger partial charge in [-0.25, -0.2) is 0 Å². The first kappa shape index (κ1) is 13.7. The van der Waals surface area contributed by atoms with Crippen molar-refractivity contribution in [2.24, 2.45) is 5.92 Å². The fourth-order valence-corrected chi connectivity index (χ4v) is 5.09. The van der Waals surface area contributed by atoms with Crippen LogP contribution in [0, 0.1) is 5.92 Å². The minimum atomic E-state index is 0.421. The zero-order valence-electron chi connectivity index (χ0n) is 11.9. The van der Waals surface area contributed by atoms with E-state index in [4.69, 9.17) is 0 Å². The summed E-state index contributed by atoms with van der Waals surface area (Å²) in [4.78, 5) is 14.6. The molecule has 0 radical (unpaired) electrons. The summed E-state index contributed by atoms with van der Waals surface area (Å²) in [6.45, 7) is 4.19. The van der Waals surface area contributed by atoms with Crippen molar-refractivity contribution in [3.8, 4) is 0 Å². The second-order valence-corrected chi connectivity index (χ2v) is 7.83. The third kappa shape index (κ3) is 3.27. The molecule has 3 saturated heterocycles. The van der Waals surface area contributed by atoms with Gasteiger partial charge in [0.05, 0.1) is 0 Å². The first-order valence-corrected chi connectivity index (χ1v) is 8.95. The van der Waals surface area contributed by atoms with Gasteiger partial charge in [-0.2, -0.15) is 11.8 Å². The number of hydrogen-bond donors (Lipinski definition) is 1. The van der Waals surface area contributed by atoms with E-state index in [1.807, 2.05) is 11.8 Å². The molecule has 1 N–H and O–H groups in total. The summed E-state index contributed by atoms with van der Waals surface area (Å²) in [5.74, 6) is 2.19. The Labute approximate surface area is 120 Å². The van der Waals surface area contributed by atoms with Crippen molar-refractivity contribution in [3.05, 3.63) is 0 Å². The lowest BCUT2D eigenvalue weighted by Gasteiger charge is -2.34. The summed E-state index contributed by atoms with van der Waals surface area (Å²) >= 11 is 2.04. The quantitative estimate of drug-likeness (QED) is 0.862. The van der Waals surface area contributed by atoms with Gasteiger partial charge in [-0.3, -0.25) is 4.79 Å². The number of hydrogen-bond acceptors (Lipinski definition) is 3. The van der Waals surface area contributed by atoms with Crippen LogP contribution in [0.15, 0.2) is 0 Å². The second kappa shape index (κ2) is 6.04. The number of carbonyl (C=O) groups excluding carboxylic acids is 1. The molecule has 3 atom stereocenters. The van der Waals surface area contributed by atoms with Crippen LogP contribution >= 0.6 is 11.8 Å². The number of thioether (sulfide) groups is 1. The van der Waals surface area contributed by atoms with E-state index in [-0.39, 0.29) is 0 Å². The average molecular weight is 282 g/mol. The minimum Gasteiger partial charge on any atom is -0.341 e. The molecule has 0 saturated carbocycles. The largest absolute Gasteiger partial charge is 0.341 e. The van der Waals surface area contributed by atoms with Gasteiger partial charge in [0.2, 0.25) is 5.91 Å². The highest BCUT2D eigenvalue weighted by molar-refractivity contribution is 8.00. The molecule has 3 aliphatic rings. The van der Waals surface area contributed by atoms with Gasteiger partial charge >= 0.3 is 0 Å². The van der Waals surface area contributed by atoms with Gasteiger partial charge in [0.15, 0.2) is 0 Å². The zero-order chi connectivity index (χ0) is 13.2.